The van der Waals surface area contributed by atoms with Crippen molar-refractivity contribution in [2.24, 2.45) is 5.41 Å². The van der Waals surface area contributed by atoms with E-state index in [2.05, 4.69) is 82.3 Å². The second kappa shape index (κ2) is 20.7. The van der Waals surface area contributed by atoms with Crippen molar-refractivity contribution in [3.05, 3.63) is 94.3 Å². The van der Waals surface area contributed by atoms with Crippen molar-refractivity contribution >= 4 is 36.0 Å². The number of carboxylic acids is 1. The van der Waals surface area contributed by atoms with Gasteiger partial charge in [0.2, 0.25) is 0 Å². The smallest absolute Gasteiger partial charge is 0.307 e. The lowest BCUT2D eigenvalue weighted by Gasteiger charge is -2.41. The Morgan fingerprint density at radius 2 is 1.64 bits per heavy atom. The van der Waals surface area contributed by atoms with E-state index in [1.165, 1.54) is 11.1 Å². The van der Waals surface area contributed by atoms with Gasteiger partial charge in [-0.05, 0) is 117 Å². The Morgan fingerprint density at radius 3 is 2.10 bits per heavy atom. The van der Waals surface area contributed by atoms with E-state index in [0.717, 1.165) is 77.6 Å². The Kier molecular flexibility index (Phi) is 18.3. The third kappa shape index (κ3) is 13.1. The maximum Gasteiger partial charge on any atom is 0.307 e. The number of carbonyl (C=O) groups excluding carboxylic acids is 1. The number of nitrogens with zero attached hydrogens (tertiary/aromatic N) is 1. The minimum atomic E-state index is -0.808. The van der Waals surface area contributed by atoms with Crippen LogP contribution < -0.4 is 4.31 Å². The van der Waals surface area contributed by atoms with Gasteiger partial charge in [-0.3, -0.25) is 4.79 Å². The van der Waals surface area contributed by atoms with Crippen LogP contribution >= 0.6 is 11.9 Å². The minimum absolute atomic E-state index is 0.00724. The fraction of sp³-hybridized carbons (Fsp3) is 0.442. The Balaban J connectivity index is 0.000000651. The zero-order chi connectivity index (χ0) is 38.2. The van der Waals surface area contributed by atoms with Crippen LogP contribution in [0.25, 0.3) is 16.7 Å². The number of aryl methyl sites for hydroxylation is 1. The number of terminal acetylenes is 1. The molecule has 0 saturated carbocycles. The van der Waals surface area contributed by atoms with Gasteiger partial charge in [0.1, 0.15) is 12.6 Å². The monoisotopic (exact) mass is 703 g/mol. The third-order valence-corrected chi connectivity index (χ3v) is 9.29. The highest BCUT2D eigenvalue weighted by Crippen LogP contribution is 2.53. The van der Waals surface area contributed by atoms with Crippen molar-refractivity contribution in [1.82, 2.24) is 0 Å². The maximum atomic E-state index is 14.4. The highest BCUT2D eigenvalue weighted by molar-refractivity contribution is 8.00. The normalized spacial score (nSPS) is 15.3. The molecule has 5 rings (SSSR count). The Labute approximate surface area is 305 Å². The quantitative estimate of drug-likeness (QED) is 0.188. The first-order chi connectivity index (χ1) is 23.6. The molecule has 3 aromatic rings. The van der Waals surface area contributed by atoms with Gasteiger partial charge in [-0.2, -0.15) is 0 Å². The van der Waals surface area contributed by atoms with Gasteiger partial charge in [-0.25, -0.2) is 4.39 Å². The van der Waals surface area contributed by atoms with E-state index in [-0.39, 0.29) is 23.7 Å². The first-order valence-electron chi connectivity index (χ1n) is 17.1. The van der Waals surface area contributed by atoms with Gasteiger partial charge in [0.25, 0.3) is 0 Å². The topological polar surface area (TPSA) is 77.8 Å². The zero-order valence-corrected chi connectivity index (χ0v) is 32.4. The second-order valence-electron chi connectivity index (χ2n) is 14.3. The molecule has 2 aliphatic rings. The summed E-state index contributed by atoms with van der Waals surface area (Å²) >= 11 is 1.65. The van der Waals surface area contributed by atoms with Gasteiger partial charge >= 0.3 is 5.97 Å². The Morgan fingerprint density at radius 1 is 1.04 bits per heavy atom. The van der Waals surface area contributed by atoms with Gasteiger partial charge in [0.15, 0.2) is 0 Å². The summed E-state index contributed by atoms with van der Waals surface area (Å²) in [5.74, 6) is -1.01. The van der Waals surface area contributed by atoms with Crippen LogP contribution in [0.5, 0.6) is 0 Å². The van der Waals surface area contributed by atoms with Crippen LogP contribution in [0.3, 0.4) is 0 Å². The number of rotatable bonds is 7. The molecule has 0 spiro atoms. The van der Waals surface area contributed by atoms with Crippen molar-refractivity contribution in [2.45, 2.75) is 112 Å². The highest BCUT2D eigenvalue weighted by atomic mass is 32.2. The van der Waals surface area contributed by atoms with Crippen molar-refractivity contribution in [3.63, 3.8) is 0 Å². The molecule has 5 nitrogen and oxygen atoms in total. The number of fused-ring (bicyclic) bond motifs is 3. The lowest BCUT2D eigenvalue weighted by Crippen LogP contribution is -2.28. The van der Waals surface area contributed by atoms with Gasteiger partial charge in [0, 0.05) is 11.8 Å². The van der Waals surface area contributed by atoms with Crippen LogP contribution in [-0.4, -0.2) is 34.8 Å². The number of hydrogen-bond acceptors (Lipinski definition) is 5. The van der Waals surface area contributed by atoms with Crippen molar-refractivity contribution < 1.29 is 24.2 Å². The highest BCUT2D eigenvalue weighted by Gasteiger charge is 2.35. The number of anilines is 1. The lowest BCUT2D eigenvalue weighted by atomic mass is 9.75. The lowest BCUT2D eigenvalue weighted by molar-refractivity contribution is -0.136. The number of unbranched alkanes of at least 4 members (excludes halogenated alkanes) is 1. The van der Waals surface area contributed by atoms with E-state index >= 15 is 0 Å². The molecule has 0 aromatic heterocycles. The fourth-order valence-corrected chi connectivity index (χ4v) is 6.97. The molecular weight excluding hydrogens is 646 g/mol. The summed E-state index contributed by atoms with van der Waals surface area (Å²) in [4.78, 5) is 19.9. The van der Waals surface area contributed by atoms with Crippen LogP contribution in [0, 0.1) is 37.9 Å². The molecular formula is C43H58FNO4S. The molecule has 0 fully saturated rings. The average Bonchev–Trinajstić information content (AvgIpc) is 3.06. The molecule has 1 heterocycles. The number of allylic oxidation sites excluding steroid dienone is 2. The maximum absolute atomic E-state index is 14.4. The predicted molar refractivity (Wildman–Crippen MR) is 212 cm³/mol. The Bertz CT molecular complexity index is 1570. The molecule has 1 aliphatic heterocycles. The standard InChI is InChI=1S/C29H36FNO2S.C7H8.C4H10O.C2H2.CH2O/c1-6-7-8-26-24-15-20(30)9-10-21(24)25-16-23(19-11-13-29(3,4)14-12-19)22(17-27(32)33)18(2)28(25)31(26)34-5;1-7-5-3-2-4-6-7;1-4(2,3)5;2*1-2/h9-11,15-16,26H,6-8,12-14,17H2,1-5H3,(H,32,33);2-6H,1H3;5H,1-3H3;1-2H;1H2/t26-;;;;/m0..../s1. The predicted octanol–water partition coefficient (Wildman–Crippen LogP) is 11.2. The van der Waals surface area contributed by atoms with Crippen molar-refractivity contribution in [3.8, 4) is 24.0 Å². The first-order valence-corrected chi connectivity index (χ1v) is 18.3. The molecule has 50 heavy (non-hydrogen) atoms. The third-order valence-electron chi connectivity index (χ3n) is 8.46. The van der Waals surface area contributed by atoms with Crippen LogP contribution in [-0.2, 0) is 16.0 Å². The summed E-state index contributed by atoms with van der Waals surface area (Å²) < 4.78 is 16.7. The van der Waals surface area contributed by atoms with Crippen LogP contribution in [0.4, 0.5) is 10.1 Å². The summed E-state index contributed by atoms with van der Waals surface area (Å²) in [6, 6.07) is 17.7. The molecule has 0 radical (unpaired) electrons. The molecule has 7 heteroatoms. The van der Waals surface area contributed by atoms with Crippen LogP contribution in [0.2, 0.25) is 0 Å². The number of aliphatic carboxylic acids is 1. The van der Waals surface area contributed by atoms with E-state index in [9.17, 15) is 14.3 Å². The first kappa shape index (κ1) is 44.2. The molecule has 0 unspecified atom stereocenters. The summed E-state index contributed by atoms with van der Waals surface area (Å²) in [5, 5.41) is 18.3. The van der Waals surface area contributed by atoms with E-state index in [4.69, 9.17) is 9.90 Å². The average molecular weight is 704 g/mol. The van der Waals surface area contributed by atoms with Crippen LogP contribution in [0.15, 0.2) is 60.7 Å². The molecule has 1 atom stereocenters. The second-order valence-corrected chi connectivity index (χ2v) is 15.1. The molecule has 272 valence electrons. The molecule has 0 amide bonds. The largest absolute Gasteiger partial charge is 0.481 e. The molecule has 0 bridgehead atoms. The van der Waals surface area contributed by atoms with Gasteiger partial charge in [-0.1, -0.05) is 93.6 Å². The molecule has 1 aliphatic carbocycles. The molecule has 3 aromatic carbocycles. The number of halogens is 1. The van der Waals surface area contributed by atoms with E-state index < -0.39 is 11.6 Å². The van der Waals surface area contributed by atoms with E-state index in [1.54, 1.807) is 44.9 Å². The summed E-state index contributed by atoms with van der Waals surface area (Å²) in [6.07, 6.45) is 18.4. The van der Waals surface area contributed by atoms with Crippen LogP contribution in [0.1, 0.15) is 114 Å². The number of benzene rings is 3. The molecule has 2 N–H and O–H groups in total. The van der Waals surface area contributed by atoms with E-state index in [0.29, 0.717) is 0 Å². The van der Waals surface area contributed by atoms with Crippen molar-refractivity contribution in [2.75, 3.05) is 10.6 Å². The number of carbonyl (C=O) groups is 2. The van der Waals surface area contributed by atoms with Gasteiger partial charge in [0.05, 0.1) is 23.8 Å². The minimum Gasteiger partial charge on any atom is -0.481 e. The summed E-state index contributed by atoms with van der Waals surface area (Å²) in [6.45, 7) is 18.1. The number of carboxylic acid groups (broad SMARTS) is 1. The number of hydrogen-bond donors (Lipinski definition) is 2. The van der Waals surface area contributed by atoms with E-state index in [1.807, 2.05) is 31.1 Å². The van der Waals surface area contributed by atoms with Gasteiger partial charge in [-0.15, -0.1) is 12.8 Å². The number of aliphatic hydroxyl groups is 1. The molecule has 0 saturated heterocycles. The fourth-order valence-electron chi connectivity index (χ4n) is 6.08. The Hall–Kier alpha value is -3.86. The zero-order valence-electron chi connectivity index (χ0n) is 31.6. The summed E-state index contributed by atoms with van der Waals surface area (Å²) in [5.41, 5.74) is 9.62. The summed E-state index contributed by atoms with van der Waals surface area (Å²) in [7, 11) is 0. The SMILES string of the molecule is C#C.C=O.CC(C)(C)O.CCCC[C@H]1c2cc(F)ccc2-c2cc(C3=CCC(C)(C)CC3)c(CC(=O)O)c(C)c2N1SC.Cc1ccccc1. The van der Waals surface area contributed by atoms with Gasteiger partial charge < -0.3 is 19.3 Å². The van der Waals surface area contributed by atoms with Crippen molar-refractivity contribution in [1.29, 1.82) is 0 Å².